The Morgan fingerprint density at radius 2 is 2.24 bits per heavy atom. The average Bonchev–Trinajstić information content (AvgIpc) is 2.91. The van der Waals surface area contributed by atoms with Crippen LogP contribution in [0.2, 0.25) is 0 Å². The summed E-state index contributed by atoms with van der Waals surface area (Å²) >= 11 is 0. The first-order valence-electron chi connectivity index (χ1n) is 6.91. The molecule has 0 aromatic carbocycles. The topological polar surface area (TPSA) is 27.7 Å². The Kier molecular flexibility index (Phi) is 3.36. The zero-order valence-corrected chi connectivity index (χ0v) is 10.7. The summed E-state index contributed by atoms with van der Waals surface area (Å²) in [6, 6.07) is 0.993. The average molecular weight is 237 g/mol. The summed E-state index contributed by atoms with van der Waals surface area (Å²) < 4.78 is 5.78. The van der Waals surface area contributed by atoms with Gasteiger partial charge in [0.25, 0.3) is 0 Å². The summed E-state index contributed by atoms with van der Waals surface area (Å²) in [6.45, 7) is 10.2. The van der Waals surface area contributed by atoms with Gasteiger partial charge < -0.3 is 10.1 Å². The maximum atomic E-state index is 5.78. The predicted octanol–water partition coefficient (Wildman–Crippen LogP) is 0.269. The van der Waals surface area contributed by atoms with E-state index in [1.807, 2.05) is 0 Å². The fourth-order valence-corrected chi connectivity index (χ4v) is 3.27. The van der Waals surface area contributed by atoms with Crippen LogP contribution >= 0.6 is 0 Å². The second-order valence-electron chi connectivity index (χ2n) is 5.18. The van der Waals surface area contributed by atoms with E-state index in [2.05, 4.69) is 28.1 Å². The highest BCUT2D eigenvalue weighted by atomic mass is 16.5. The summed E-state index contributed by atoms with van der Waals surface area (Å²) in [5.41, 5.74) is 0. The lowest BCUT2D eigenvalue weighted by atomic mass is 9.98. The van der Waals surface area contributed by atoms with Crippen LogP contribution < -0.4 is 5.32 Å². The first-order chi connectivity index (χ1) is 8.38. The molecule has 4 nitrogen and oxygen atoms in total. The van der Waals surface area contributed by atoms with Crippen LogP contribution in [-0.2, 0) is 4.74 Å². The SMILES string of the molecule is CCNC(C1=CCCO1)C1CN2CCN1CC2. The Hall–Kier alpha value is -0.580. The lowest BCUT2D eigenvalue weighted by Crippen LogP contribution is -2.66. The Morgan fingerprint density at radius 3 is 2.76 bits per heavy atom. The van der Waals surface area contributed by atoms with Crippen molar-refractivity contribution in [1.82, 2.24) is 15.1 Å². The number of piperazine rings is 3. The molecule has 4 rings (SSSR count). The Labute approximate surface area is 104 Å². The lowest BCUT2D eigenvalue weighted by Gasteiger charge is -2.50. The molecule has 2 atom stereocenters. The van der Waals surface area contributed by atoms with Gasteiger partial charge in [0.15, 0.2) is 0 Å². The number of hydrogen-bond acceptors (Lipinski definition) is 4. The standard InChI is InChI=1S/C13H23N3O/c1-2-14-13(12-4-3-9-17-12)11-10-15-5-7-16(11)8-6-15/h4,11,13-14H,2-3,5-10H2,1H3. The van der Waals surface area contributed by atoms with Crippen molar-refractivity contribution in [1.29, 1.82) is 0 Å². The minimum absolute atomic E-state index is 0.394. The predicted molar refractivity (Wildman–Crippen MR) is 67.9 cm³/mol. The first-order valence-corrected chi connectivity index (χ1v) is 6.91. The molecule has 4 heterocycles. The number of likely N-dealkylation sites (N-methyl/N-ethyl adjacent to an activating group) is 1. The third-order valence-corrected chi connectivity index (χ3v) is 4.17. The van der Waals surface area contributed by atoms with E-state index in [1.54, 1.807) is 0 Å². The van der Waals surface area contributed by atoms with E-state index in [4.69, 9.17) is 4.74 Å². The molecule has 4 heteroatoms. The van der Waals surface area contributed by atoms with Crippen LogP contribution in [0.5, 0.6) is 0 Å². The molecule has 0 aromatic heterocycles. The molecule has 0 aliphatic carbocycles. The molecule has 0 saturated carbocycles. The molecule has 3 saturated heterocycles. The fraction of sp³-hybridized carbons (Fsp3) is 0.846. The van der Waals surface area contributed by atoms with Gasteiger partial charge >= 0.3 is 0 Å². The van der Waals surface area contributed by atoms with Crippen molar-refractivity contribution in [3.05, 3.63) is 11.8 Å². The van der Waals surface area contributed by atoms with Crippen LogP contribution in [0, 0.1) is 0 Å². The van der Waals surface area contributed by atoms with Crippen molar-refractivity contribution in [2.45, 2.75) is 25.4 Å². The van der Waals surface area contributed by atoms with E-state index in [0.717, 1.165) is 19.6 Å². The van der Waals surface area contributed by atoms with Crippen LogP contribution in [0.3, 0.4) is 0 Å². The third-order valence-electron chi connectivity index (χ3n) is 4.17. The van der Waals surface area contributed by atoms with Crippen molar-refractivity contribution in [2.75, 3.05) is 45.9 Å². The molecule has 0 spiro atoms. The lowest BCUT2D eigenvalue weighted by molar-refractivity contribution is -0.00529. The summed E-state index contributed by atoms with van der Waals surface area (Å²) in [5.74, 6) is 1.19. The molecule has 2 bridgehead atoms. The highest BCUT2D eigenvalue weighted by Gasteiger charge is 2.38. The van der Waals surface area contributed by atoms with Gasteiger partial charge in [-0.3, -0.25) is 9.80 Å². The van der Waals surface area contributed by atoms with Gasteiger partial charge in [0.1, 0.15) is 5.76 Å². The van der Waals surface area contributed by atoms with E-state index in [0.29, 0.717) is 12.1 Å². The van der Waals surface area contributed by atoms with Gasteiger partial charge in [0.2, 0.25) is 0 Å². The van der Waals surface area contributed by atoms with Crippen LogP contribution in [-0.4, -0.2) is 67.8 Å². The van der Waals surface area contributed by atoms with Crippen molar-refractivity contribution >= 4 is 0 Å². The molecule has 0 radical (unpaired) electrons. The van der Waals surface area contributed by atoms with Gasteiger partial charge in [0, 0.05) is 45.2 Å². The number of nitrogens with zero attached hydrogens (tertiary/aromatic N) is 2. The molecule has 2 unspecified atom stereocenters. The van der Waals surface area contributed by atoms with E-state index >= 15 is 0 Å². The van der Waals surface area contributed by atoms with E-state index in [-0.39, 0.29) is 0 Å². The van der Waals surface area contributed by atoms with E-state index in [1.165, 1.54) is 38.5 Å². The number of ether oxygens (including phenoxy) is 1. The number of rotatable bonds is 4. The monoisotopic (exact) mass is 237 g/mol. The largest absolute Gasteiger partial charge is 0.496 e. The van der Waals surface area contributed by atoms with Gasteiger partial charge in [0.05, 0.1) is 12.6 Å². The van der Waals surface area contributed by atoms with Crippen molar-refractivity contribution < 1.29 is 4.74 Å². The van der Waals surface area contributed by atoms with Crippen LogP contribution in [0.15, 0.2) is 11.8 Å². The second-order valence-corrected chi connectivity index (χ2v) is 5.18. The molecule has 4 aliphatic heterocycles. The maximum absolute atomic E-state index is 5.78. The zero-order valence-electron chi connectivity index (χ0n) is 10.7. The van der Waals surface area contributed by atoms with Crippen molar-refractivity contribution in [2.24, 2.45) is 0 Å². The Balaban J connectivity index is 1.74. The van der Waals surface area contributed by atoms with Crippen molar-refractivity contribution in [3.63, 3.8) is 0 Å². The van der Waals surface area contributed by atoms with Gasteiger partial charge in [-0.1, -0.05) is 6.92 Å². The summed E-state index contributed by atoms with van der Waals surface area (Å²) in [7, 11) is 0. The van der Waals surface area contributed by atoms with Crippen LogP contribution in [0.25, 0.3) is 0 Å². The molecule has 3 fully saturated rings. The molecule has 17 heavy (non-hydrogen) atoms. The van der Waals surface area contributed by atoms with Crippen LogP contribution in [0.4, 0.5) is 0 Å². The number of fused-ring (bicyclic) bond motifs is 3. The normalized spacial score (nSPS) is 37.7. The maximum Gasteiger partial charge on any atom is 0.111 e. The second kappa shape index (κ2) is 4.96. The zero-order chi connectivity index (χ0) is 11.7. The summed E-state index contributed by atoms with van der Waals surface area (Å²) in [4.78, 5) is 5.22. The number of nitrogens with one attached hydrogen (secondary N) is 1. The molecule has 96 valence electrons. The fourth-order valence-electron chi connectivity index (χ4n) is 3.27. The van der Waals surface area contributed by atoms with Gasteiger partial charge in [-0.25, -0.2) is 0 Å². The molecule has 0 amide bonds. The minimum Gasteiger partial charge on any atom is -0.496 e. The van der Waals surface area contributed by atoms with Gasteiger partial charge in [-0.05, 0) is 12.6 Å². The first kappa shape index (κ1) is 11.5. The number of hydrogen-bond donors (Lipinski definition) is 1. The molecule has 1 N–H and O–H groups in total. The molecular formula is C13H23N3O. The highest BCUT2D eigenvalue weighted by Crippen LogP contribution is 2.24. The smallest absolute Gasteiger partial charge is 0.111 e. The summed E-state index contributed by atoms with van der Waals surface area (Å²) in [5, 5.41) is 3.62. The third kappa shape index (κ3) is 2.21. The Bertz CT molecular complexity index is 297. The summed E-state index contributed by atoms with van der Waals surface area (Å²) in [6.07, 6.45) is 3.35. The highest BCUT2D eigenvalue weighted by molar-refractivity contribution is 5.13. The molecule has 0 aromatic rings. The van der Waals surface area contributed by atoms with Crippen LogP contribution in [0.1, 0.15) is 13.3 Å². The van der Waals surface area contributed by atoms with E-state index in [9.17, 15) is 0 Å². The minimum atomic E-state index is 0.394. The van der Waals surface area contributed by atoms with E-state index < -0.39 is 0 Å². The quantitative estimate of drug-likeness (QED) is 0.759. The van der Waals surface area contributed by atoms with Crippen molar-refractivity contribution in [3.8, 4) is 0 Å². The van der Waals surface area contributed by atoms with Gasteiger partial charge in [-0.15, -0.1) is 0 Å². The van der Waals surface area contributed by atoms with Gasteiger partial charge in [-0.2, -0.15) is 0 Å². The molecular weight excluding hydrogens is 214 g/mol. The molecule has 4 aliphatic rings. The Morgan fingerprint density at radius 1 is 1.41 bits per heavy atom.